The molecular formula is C21H22N2O3. The number of amides is 1. The Hall–Kier alpha value is -3.26. The number of methoxy groups -OCH3 is 2. The number of hydrogen-bond acceptors (Lipinski definition) is 4. The molecule has 0 aromatic heterocycles. The van der Waals surface area contributed by atoms with Gasteiger partial charge in [-0.2, -0.15) is 5.26 Å². The van der Waals surface area contributed by atoms with E-state index >= 15 is 0 Å². The Bertz CT molecular complexity index is 823. The average molecular weight is 350 g/mol. The summed E-state index contributed by atoms with van der Waals surface area (Å²) in [6.45, 7) is 0.488. The Morgan fingerprint density at radius 3 is 2.42 bits per heavy atom. The Morgan fingerprint density at radius 1 is 1.12 bits per heavy atom. The summed E-state index contributed by atoms with van der Waals surface area (Å²) in [6.07, 6.45) is 2.25. The molecule has 0 aliphatic carbocycles. The highest BCUT2D eigenvalue weighted by Crippen LogP contribution is 2.27. The fourth-order valence-electron chi connectivity index (χ4n) is 2.50. The topological polar surface area (TPSA) is 62.6 Å². The van der Waals surface area contributed by atoms with Crippen LogP contribution in [-0.2, 0) is 11.2 Å². The van der Waals surface area contributed by atoms with Crippen LogP contribution in [0.4, 0.5) is 0 Å². The van der Waals surface area contributed by atoms with Crippen molar-refractivity contribution in [2.45, 2.75) is 6.42 Å². The molecule has 5 nitrogen and oxygen atoms in total. The normalized spacial score (nSPS) is 10.8. The number of likely N-dealkylation sites (N-methyl/N-ethyl adjacent to an activating group) is 1. The van der Waals surface area contributed by atoms with E-state index in [9.17, 15) is 10.1 Å². The Kier molecular flexibility index (Phi) is 6.81. The van der Waals surface area contributed by atoms with Crippen molar-refractivity contribution in [3.8, 4) is 17.6 Å². The van der Waals surface area contributed by atoms with Crippen molar-refractivity contribution in [1.29, 1.82) is 5.26 Å². The third-order valence-electron chi connectivity index (χ3n) is 3.99. The maximum Gasteiger partial charge on any atom is 0.264 e. The summed E-state index contributed by atoms with van der Waals surface area (Å²) >= 11 is 0. The molecule has 0 spiro atoms. The van der Waals surface area contributed by atoms with E-state index in [1.165, 1.54) is 0 Å². The van der Waals surface area contributed by atoms with Gasteiger partial charge in [-0.1, -0.05) is 36.4 Å². The van der Waals surface area contributed by atoms with E-state index in [0.29, 0.717) is 24.5 Å². The van der Waals surface area contributed by atoms with Crippen LogP contribution in [0, 0.1) is 11.3 Å². The first-order valence-electron chi connectivity index (χ1n) is 8.22. The van der Waals surface area contributed by atoms with Gasteiger partial charge < -0.3 is 14.4 Å². The monoisotopic (exact) mass is 350 g/mol. The molecule has 2 rings (SSSR count). The molecule has 2 aromatic rings. The lowest BCUT2D eigenvalue weighted by molar-refractivity contribution is -0.125. The molecule has 2 aromatic carbocycles. The van der Waals surface area contributed by atoms with Crippen molar-refractivity contribution < 1.29 is 14.3 Å². The predicted molar refractivity (Wildman–Crippen MR) is 101 cm³/mol. The van der Waals surface area contributed by atoms with Crippen LogP contribution in [0.1, 0.15) is 11.1 Å². The smallest absolute Gasteiger partial charge is 0.264 e. The summed E-state index contributed by atoms with van der Waals surface area (Å²) in [4.78, 5) is 14.1. The quantitative estimate of drug-likeness (QED) is 0.568. The molecule has 0 bridgehead atoms. The highest BCUT2D eigenvalue weighted by Gasteiger charge is 2.15. The molecule has 5 heteroatoms. The molecule has 26 heavy (non-hydrogen) atoms. The third-order valence-corrected chi connectivity index (χ3v) is 3.99. The van der Waals surface area contributed by atoms with E-state index < -0.39 is 0 Å². The van der Waals surface area contributed by atoms with Crippen LogP contribution in [-0.4, -0.2) is 38.6 Å². The van der Waals surface area contributed by atoms with Crippen LogP contribution in [0.15, 0.2) is 54.1 Å². The van der Waals surface area contributed by atoms with Gasteiger partial charge in [0.05, 0.1) is 14.2 Å². The summed E-state index contributed by atoms with van der Waals surface area (Å²) in [7, 11) is 4.87. The van der Waals surface area contributed by atoms with Crippen LogP contribution < -0.4 is 9.47 Å². The van der Waals surface area contributed by atoms with Crippen LogP contribution in [0.25, 0.3) is 6.08 Å². The largest absolute Gasteiger partial charge is 0.493 e. The summed E-state index contributed by atoms with van der Waals surface area (Å²) in [5, 5.41) is 9.32. The van der Waals surface area contributed by atoms with Crippen LogP contribution >= 0.6 is 0 Å². The van der Waals surface area contributed by atoms with Crippen molar-refractivity contribution in [1.82, 2.24) is 4.90 Å². The van der Waals surface area contributed by atoms with Crippen LogP contribution in [0.3, 0.4) is 0 Å². The third kappa shape index (κ3) is 4.87. The van der Waals surface area contributed by atoms with Gasteiger partial charge in [-0.3, -0.25) is 4.79 Å². The predicted octanol–water partition coefficient (Wildman–Crippen LogP) is 3.31. The molecule has 0 saturated carbocycles. The van der Waals surface area contributed by atoms with E-state index in [1.54, 1.807) is 32.2 Å². The van der Waals surface area contributed by atoms with Crippen molar-refractivity contribution in [3.05, 3.63) is 65.2 Å². The molecule has 0 unspecified atom stereocenters. The first-order valence-corrected chi connectivity index (χ1v) is 8.22. The van der Waals surface area contributed by atoms with Crippen molar-refractivity contribution in [2.75, 3.05) is 27.8 Å². The second-order valence-electron chi connectivity index (χ2n) is 5.75. The van der Waals surface area contributed by atoms with Gasteiger partial charge in [0, 0.05) is 13.6 Å². The number of hydrogen-bond donors (Lipinski definition) is 0. The van der Waals surface area contributed by atoms with Gasteiger partial charge in [0.15, 0.2) is 11.5 Å². The summed E-state index contributed by atoms with van der Waals surface area (Å²) in [5.41, 5.74) is 1.96. The maximum absolute atomic E-state index is 12.5. The zero-order valence-corrected chi connectivity index (χ0v) is 15.2. The SMILES string of the molecule is COc1ccc(CCN(C)C(=O)/C(C#N)=C/c2ccccc2)cc1OC. The maximum atomic E-state index is 12.5. The molecule has 1 amide bonds. The first kappa shape index (κ1) is 19.1. The number of nitriles is 1. The second-order valence-corrected chi connectivity index (χ2v) is 5.75. The van der Waals surface area contributed by atoms with Crippen molar-refractivity contribution in [3.63, 3.8) is 0 Å². The van der Waals surface area contributed by atoms with Gasteiger partial charge in [0.2, 0.25) is 0 Å². The van der Waals surface area contributed by atoms with Crippen molar-refractivity contribution in [2.24, 2.45) is 0 Å². The second kappa shape index (κ2) is 9.28. The number of carbonyl (C=O) groups excluding carboxylic acids is 1. The van der Waals surface area contributed by atoms with Gasteiger partial charge in [-0.05, 0) is 35.8 Å². The lowest BCUT2D eigenvalue weighted by Crippen LogP contribution is -2.29. The number of benzene rings is 2. The number of rotatable bonds is 7. The van der Waals surface area contributed by atoms with Gasteiger partial charge in [-0.15, -0.1) is 0 Å². The summed E-state index contributed by atoms with van der Waals surface area (Å²) < 4.78 is 10.5. The molecule has 0 fully saturated rings. The summed E-state index contributed by atoms with van der Waals surface area (Å²) in [6, 6.07) is 17.0. The van der Waals surface area contributed by atoms with E-state index in [0.717, 1.165) is 11.1 Å². The van der Waals surface area contributed by atoms with Gasteiger partial charge in [0.25, 0.3) is 5.91 Å². The highest BCUT2D eigenvalue weighted by atomic mass is 16.5. The van der Waals surface area contributed by atoms with Crippen LogP contribution in [0.2, 0.25) is 0 Å². The van der Waals surface area contributed by atoms with Crippen molar-refractivity contribution >= 4 is 12.0 Å². The Morgan fingerprint density at radius 2 is 1.81 bits per heavy atom. The average Bonchev–Trinajstić information content (AvgIpc) is 2.70. The highest BCUT2D eigenvalue weighted by molar-refractivity contribution is 6.01. The molecular weight excluding hydrogens is 328 g/mol. The molecule has 0 heterocycles. The minimum atomic E-state index is -0.295. The molecule has 0 aliphatic rings. The number of nitrogens with zero attached hydrogens (tertiary/aromatic N) is 2. The fourth-order valence-corrected chi connectivity index (χ4v) is 2.50. The molecule has 0 aliphatic heterocycles. The minimum absolute atomic E-state index is 0.117. The summed E-state index contributed by atoms with van der Waals surface area (Å²) in [5.74, 6) is 1.02. The Balaban J connectivity index is 2.05. The van der Waals surface area contributed by atoms with Gasteiger partial charge in [0.1, 0.15) is 11.6 Å². The zero-order valence-electron chi connectivity index (χ0n) is 15.2. The minimum Gasteiger partial charge on any atom is -0.493 e. The number of ether oxygens (including phenoxy) is 2. The van der Waals surface area contributed by atoms with E-state index in [4.69, 9.17) is 9.47 Å². The molecule has 0 saturated heterocycles. The van der Waals surface area contributed by atoms with E-state index in [-0.39, 0.29) is 11.5 Å². The first-order chi connectivity index (χ1) is 12.6. The lowest BCUT2D eigenvalue weighted by atomic mass is 10.1. The molecule has 134 valence electrons. The van der Waals surface area contributed by atoms with Crippen LogP contribution in [0.5, 0.6) is 11.5 Å². The van der Waals surface area contributed by atoms with Gasteiger partial charge >= 0.3 is 0 Å². The lowest BCUT2D eigenvalue weighted by Gasteiger charge is -2.17. The molecule has 0 radical (unpaired) electrons. The standard InChI is InChI=1S/C21H22N2O3/c1-23(12-11-17-9-10-19(25-2)20(14-17)26-3)21(24)18(15-22)13-16-7-5-4-6-8-16/h4-10,13-14H,11-12H2,1-3H3/b18-13+. The van der Waals surface area contributed by atoms with E-state index in [1.807, 2.05) is 54.6 Å². The number of carbonyl (C=O) groups is 1. The molecule has 0 N–H and O–H groups in total. The Labute approximate surface area is 154 Å². The zero-order chi connectivity index (χ0) is 18.9. The molecule has 0 atom stereocenters. The van der Waals surface area contributed by atoms with E-state index in [2.05, 4.69) is 0 Å². The fraction of sp³-hybridized carbons (Fsp3) is 0.238. The van der Waals surface area contributed by atoms with Gasteiger partial charge in [-0.25, -0.2) is 0 Å².